The van der Waals surface area contributed by atoms with Crippen LogP contribution in [0.3, 0.4) is 0 Å². The van der Waals surface area contributed by atoms with Gasteiger partial charge in [0.25, 0.3) is 11.8 Å². The van der Waals surface area contributed by atoms with Gasteiger partial charge in [0, 0.05) is 30.6 Å². The number of amides is 2. The molecule has 2 aromatic carbocycles. The van der Waals surface area contributed by atoms with Gasteiger partial charge in [-0.05, 0) is 48.0 Å². The van der Waals surface area contributed by atoms with Gasteiger partial charge < -0.3 is 10.6 Å². The monoisotopic (exact) mass is 527 g/mol. The standard InChI is InChI=1S/C27H19ClFN7O2/c28-21-13-22(29)20(23-8-4-5-10-30-23)12-19(21)26(37)34-25-14-24(35-36(25)18-6-2-1-3-7-18)27(38)31-15-17-9-11-32-33-16-17/h1-14,16H,15H2,(H,31,38)(H,34,37). The number of anilines is 1. The topological polar surface area (TPSA) is 115 Å². The molecule has 11 heteroatoms. The number of nitrogens with one attached hydrogen (secondary N) is 2. The van der Waals surface area contributed by atoms with Crippen LogP contribution in [-0.4, -0.2) is 36.8 Å². The van der Waals surface area contributed by atoms with E-state index in [1.807, 2.05) is 6.07 Å². The van der Waals surface area contributed by atoms with Gasteiger partial charge in [0.05, 0.1) is 28.2 Å². The van der Waals surface area contributed by atoms with Gasteiger partial charge in [-0.25, -0.2) is 9.07 Å². The summed E-state index contributed by atoms with van der Waals surface area (Å²) in [5, 5.41) is 17.3. The Hall–Kier alpha value is -4.96. The molecule has 38 heavy (non-hydrogen) atoms. The van der Waals surface area contributed by atoms with Gasteiger partial charge in [-0.1, -0.05) is 35.9 Å². The molecule has 3 aromatic heterocycles. The fourth-order valence-corrected chi connectivity index (χ4v) is 3.90. The van der Waals surface area contributed by atoms with Crippen LogP contribution >= 0.6 is 11.6 Å². The van der Waals surface area contributed by atoms with E-state index in [0.717, 1.165) is 11.6 Å². The highest BCUT2D eigenvalue weighted by Gasteiger charge is 2.21. The molecule has 2 N–H and O–H groups in total. The Labute approximate surface area is 221 Å². The molecule has 5 rings (SSSR count). The van der Waals surface area contributed by atoms with Crippen molar-refractivity contribution in [3.05, 3.63) is 119 Å². The number of rotatable bonds is 7. The summed E-state index contributed by atoms with van der Waals surface area (Å²) in [6.07, 6.45) is 4.60. The van der Waals surface area contributed by atoms with Crippen molar-refractivity contribution in [2.24, 2.45) is 0 Å². The molecular formula is C27H19ClFN7O2. The quantitative estimate of drug-likeness (QED) is 0.317. The molecule has 0 aliphatic heterocycles. The highest BCUT2D eigenvalue weighted by molar-refractivity contribution is 6.34. The average Bonchev–Trinajstić information content (AvgIpc) is 3.37. The Bertz CT molecular complexity index is 1600. The number of carbonyl (C=O) groups excluding carboxylic acids is 2. The third-order valence-corrected chi connectivity index (χ3v) is 5.84. The number of carbonyl (C=O) groups is 2. The Kier molecular flexibility index (Phi) is 7.14. The lowest BCUT2D eigenvalue weighted by atomic mass is 10.1. The molecule has 2 amide bonds. The molecule has 0 saturated carbocycles. The third-order valence-electron chi connectivity index (χ3n) is 5.53. The molecule has 0 aliphatic rings. The third kappa shape index (κ3) is 5.40. The van der Waals surface area contributed by atoms with Crippen molar-refractivity contribution in [2.45, 2.75) is 6.54 Å². The number of halogens is 2. The van der Waals surface area contributed by atoms with Gasteiger partial charge >= 0.3 is 0 Å². The molecule has 3 heterocycles. The lowest BCUT2D eigenvalue weighted by Gasteiger charge is -2.11. The van der Waals surface area contributed by atoms with Crippen molar-refractivity contribution in [2.75, 3.05) is 5.32 Å². The molecular weight excluding hydrogens is 509 g/mol. The molecule has 0 bridgehead atoms. The summed E-state index contributed by atoms with van der Waals surface area (Å²) in [5.74, 6) is -1.46. The van der Waals surface area contributed by atoms with Crippen molar-refractivity contribution in [1.82, 2.24) is 30.3 Å². The van der Waals surface area contributed by atoms with Crippen molar-refractivity contribution in [1.29, 1.82) is 0 Å². The summed E-state index contributed by atoms with van der Waals surface area (Å²) in [5.41, 5.74) is 1.96. The Morgan fingerprint density at radius 3 is 2.47 bits per heavy atom. The van der Waals surface area contributed by atoms with Gasteiger partial charge in [0.2, 0.25) is 0 Å². The largest absolute Gasteiger partial charge is 0.347 e. The second kappa shape index (κ2) is 11.0. The van der Waals surface area contributed by atoms with E-state index in [1.54, 1.807) is 54.7 Å². The summed E-state index contributed by atoms with van der Waals surface area (Å²) in [6, 6.07) is 19.6. The fourth-order valence-electron chi connectivity index (χ4n) is 3.67. The molecule has 0 spiro atoms. The first kappa shape index (κ1) is 24.7. The van der Waals surface area contributed by atoms with Crippen LogP contribution in [0.2, 0.25) is 5.02 Å². The maximum absolute atomic E-state index is 14.7. The van der Waals surface area contributed by atoms with Gasteiger partial charge in [-0.15, -0.1) is 0 Å². The summed E-state index contributed by atoms with van der Waals surface area (Å²) >= 11 is 6.24. The number of pyridine rings is 1. The molecule has 0 aliphatic carbocycles. The Morgan fingerprint density at radius 1 is 0.921 bits per heavy atom. The predicted octanol–water partition coefficient (Wildman–Crippen LogP) is 4.70. The predicted molar refractivity (Wildman–Crippen MR) is 139 cm³/mol. The van der Waals surface area contributed by atoms with E-state index >= 15 is 0 Å². The van der Waals surface area contributed by atoms with Crippen molar-refractivity contribution in [3.63, 3.8) is 0 Å². The zero-order chi connectivity index (χ0) is 26.5. The summed E-state index contributed by atoms with van der Waals surface area (Å²) in [7, 11) is 0. The maximum atomic E-state index is 14.7. The minimum Gasteiger partial charge on any atom is -0.347 e. The van der Waals surface area contributed by atoms with Gasteiger partial charge in [0.15, 0.2) is 5.69 Å². The fraction of sp³-hybridized carbons (Fsp3) is 0.0370. The van der Waals surface area contributed by atoms with Crippen molar-refractivity contribution < 1.29 is 14.0 Å². The van der Waals surface area contributed by atoms with Crippen LogP contribution in [0.4, 0.5) is 10.2 Å². The van der Waals surface area contributed by atoms with E-state index in [0.29, 0.717) is 11.4 Å². The molecule has 5 aromatic rings. The Morgan fingerprint density at radius 2 is 1.74 bits per heavy atom. The molecule has 0 saturated heterocycles. The first-order valence-corrected chi connectivity index (χ1v) is 11.8. The highest BCUT2D eigenvalue weighted by atomic mass is 35.5. The van der Waals surface area contributed by atoms with Crippen LogP contribution in [0, 0.1) is 5.82 Å². The lowest BCUT2D eigenvalue weighted by Crippen LogP contribution is -2.23. The number of hydrogen-bond donors (Lipinski definition) is 2. The van der Waals surface area contributed by atoms with Gasteiger partial charge in [0.1, 0.15) is 11.6 Å². The first-order valence-electron chi connectivity index (χ1n) is 11.4. The molecule has 188 valence electrons. The lowest BCUT2D eigenvalue weighted by molar-refractivity contribution is 0.0944. The van der Waals surface area contributed by atoms with Crippen molar-refractivity contribution in [3.8, 4) is 16.9 Å². The summed E-state index contributed by atoms with van der Waals surface area (Å²) in [6.45, 7) is 0.218. The molecule has 0 unspecified atom stereocenters. The maximum Gasteiger partial charge on any atom is 0.272 e. The highest BCUT2D eigenvalue weighted by Crippen LogP contribution is 2.28. The van der Waals surface area contributed by atoms with Gasteiger partial charge in [-0.2, -0.15) is 15.3 Å². The van der Waals surface area contributed by atoms with Crippen LogP contribution in [0.25, 0.3) is 16.9 Å². The minimum atomic E-state index is -0.612. The van der Waals surface area contributed by atoms with Crippen LogP contribution in [-0.2, 0) is 6.54 Å². The number of nitrogens with zero attached hydrogens (tertiary/aromatic N) is 5. The smallest absolute Gasteiger partial charge is 0.272 e. The van der Waals surface area contributed by atoms with Crippen LogP contribution in [0.1, 0.15) is 26.4 Å². The molecule has 9 nitrogen and oxygen atoms in total. The first-order chi connectivity index (χ1) is 18.5. The van der Waals surface area contributed by atoms with Crippen LogP contribution in [0.5, 0.6) is 0 Å². The van der Waals surface area contributed by atoms with E-state index < -0.39 is 17.6 Å². The summed E-state index contributed by atoms with van der Waals surface area (Å²) < 4.78 is 16.1. The van der Waals surface area contributed by atoms with E-state index in [1.165, 1.54) is 29.2 Å². The number of aromatic nitrogens is 5. The molecule has 0 atom stereocenters. The van der Waals surface area contributed by atoms with Gasteiger partial charge in [-0.3, -0.25) is 14.6 Å². The van der Waals surface area contributed by atoms with Crippen LogP contribution in [0.15, 0.2) is 91.4 Å². The number of benzene rings is 2. The number of hydrogen-bond acceptors (Lipinski definition) is 6. The SMILES string of the molecule is O=C(NCc1ccnnc1)c1cc(NC(=O)c2cc(-c3ccccn3)c(F)cc2Cl)n(-c2ccccc2)n1. The Balaban J connectivity index is 1.45. The normalized spacial score (nSPS) is 10.7. The average molecular weight is 528 g/mol. The number of para-hydroxylation sites is 1. The van der Waals surface area contributed by atoms with Crippen LogP contribution < -0.4 is 10.6 Å². The minimum absolute atomic E-state index is 0.0331. The zero-order valence-corrected chi connectivity index (χ0v) is 20.4. The van der Waals surface area contributed by atoms with Crippen molar-refractivity contribution >= 4 is 29.2 Å². The molecule has 0 fully saturated rings. The second-order valence-corrected chi connectivity index (χ2v) is 8.48. The summed E-state index contributed by atoms with van der Waals surface area (Å²) in [4.78, 5) is 30.3. The van der Waals surface area contributed by atoms with E-state index in [2.05, 4.69) is 30.9 Å². The van der Waals surface area contributed by atoms with E-state index in [9.17, 15) is 14.0 Å². The second-order valence-electron chi connectivity index (χ2n) is 8.08. The molecule has 0 radical (unpaired) electrons. The van der Waals surface area contributed by atoms with E-state index in [4.69, 9.17) is 11.6 Å². The zero-order valence-electron chi connectivity index (χ0n) is 19.7. The van der Waals surface area contributed by atoms with E-state index in [-0.39, 0.29) is 34.2 Å².